The summed E-state index contributed by atoms with van der Waals surface area (Å²) in [6.45, 7) is 1.82. The molecule has 0 aromatic carbocycles. The van der Waals surface area contributed by atoms with E-state index in [1.807, 2.05) is 6.92 Å². The van der Waals surface area contributed by atoms with Crippen LogP contribution in [0.3, 0.4) is 0 Å². The van der Waals surface area contributed by atoms with E-state index in [0.29, 0.717) is 11.3 Å². The third kappa shape index (κ3) is 2.04. The third-order valence-electron chi connectivity index (χ3n) is 1.95. The van der Waals surface area contributed by atoms with Crippen LogP contribution in [-0.2, 0) is 0 Å². The zero-order valence-electron chi connectivity index (χ0n) is 8.21. The summed E-state index contributed by atoms with van der Waals surface area (Å²) < 4.78 is 0. The Bertz CT molecular complexity index is 465. The molecule has 2 heterocycles. The molecule has 74 valence electrons. The number of aromatic nitrogens is 3. The Hall–Kier alpha value is -2.10. The molecule has 15 heavy (non-hydrogen) atoms. The van der Waals surface area contributed by atoms with Crippen LogP contribution >= 0.6 is 0 Å². The van der Waals surface area contributed by atoms with E-state index in [-0.39, 0.29) is 5.78 Å². The van der Waals surface area contributed by atoms with E-state index in [0.717, 1.165) is 5.69 Å². The average Bonchev–Trinajstić information content (AvgIpc) is 2.30. The Morgan fingerprint density at radius 1 is 1.20 bits per heavy atom. The highest BCUT2D eigenvalue weighted by Crippen LogP contribution is 2.05. The standard InChI is InChI=1S/C11H9N3O/c1-8-4-5-10(14-13-8)11(15)9-3-2-6-12-7-9/h2-7H,1H3. The highest BCUT2D eigenvalue weighted by molar-refractivity contribution is 6.07. The van der Waals surface area contributed by atoms with Gasteiger partial charge in [-0.1, -0.05) is 0 Å². The molecule has 0 aliphatic rings. The highest BCUT2D eigenvalue weighted by atomic mass is 16.1. The number of nitrogens with zero attached hydrogens (tertiary/aromatic N) is 3. The van der Waals surface area contributed by atoms with Crippen molar-refractivity contribution in [2.75, 3.05) is 0 Å². The lowest BCUT2D eigenvalue weighted by Gasteiger charge is -1.98. The molecule has 0 unspecified atom stereocenters. The van der Waals surface area contributed by atoms with Crippen molar-refractivity contribution >= 4 is 5.78 Å². The van der Waals surface area contributed by atoms with Gasteiger partial charge in [-0.2, -0.15) is 5.10 Å². The zero-order chi connectivity index (χ0) is 10.7. The second kappa shape index (κ2) is 3.96. The molecular formula is C11H9N3O. The van der Waals surface area contributed by atoms with Crippen LogP contribution in [0.1, 0.15) is 21.7 Å². The lowest BCUT2D eigenvalue weighted by atomic mass is 10.1. The van der Waals surface area contributed by atoms with Gasteiger partial charge in [0.05, 0.1) is 5.69 Å². The summed E-state index contributed by atoms with van der Waals surface area (Å²) in [5.41, 5.74) is 1.65. The lowest BCUT2D eigenvalue weighted by Crippen LogP contribution is -2.05. The molecule has 0 atom stereocenters. The highest BCUT2D eigenvalue weighted by Gasteiger charge is 2.10. The zero-order valence-corrected chi connectivity index (χ0v) is 8.21. The molecule has 0 amide bonds. The Morgan fingerprint density at radius 3 is 2.67 bits per heavy atom. The van der Waals surface area contributed by atoms with Crippen LogP contribution in [0.2, 0.25) is 0 Å². The molecule has 0 spiro atoms. The minimum Gasteiger partial charge on any atom is -0.287 e. The van der Waals surface area contributed by atoms with Crippen LogP contribution in [0.25, 0.3) is 0 Å². The lowest BCUT2D eigenvalue weighted by molar-refractivity contribution is 0.103. The summed E-state index contributed by atoms with van der Waals surface area (Å²) in [4.78, 5) is 15.7. The first-order valence-electron chi connectivity index (χ1n) is 4.52. The normalized spacial score (nSPS) is 9.93. The molecule has 2 aromatic heterocycles. The van der Waals surface area contributed by atoms with Gasteiger partial charge in [-0.3, -0.25) is 9.78 Å². The molecule has 0 saturated carbocycles. The van der Waals surface area contributed by atoms with Crippen molar-refractivity contribution in [3.63, 3.8) is 0 Å². The second-order valence-corrected chi connectivity index (χ2v) is 3.13. The minimum absolute atomic E-state index is 0.157. The van der Waals surface area contributed by atoms with Gasteiger partial charge < -0.3 is 0 Å². The van der Waals surface area contributed by atoms with Crippen LogP contribution in [0.4, 0.5) is 0 Å². The monoisotopic (exact) mass is 199 g/mol. The minimum atomic E-state index is -0.157. The third-order valence-corrected chi connectivity index (χ3v) is 1.95. The predicted octanol–water partition coefficient (Wildman–Crippen LogP) is 1.41. The van der Waals surface area contributed by atoms with E-state index in [1.165, 1.54) is 6.20 Å². The fourth-order valence-corrected chi connectivity index (χ4v) is 1.16. The number of carbonyl (C=O) groups is 1. The van der Waals surface area contributed by atoms with E-state index in [4.69, 9.17) is 0 Å². The van der Waals surface area contributed by atoms with Gasteiger partial charge in [0.1, 0.15) is 5.69 Å². The molecule has 0 fully saturated rings. The molecule has 4 heteroatoms. The summed E-state index contributed by atoms with van der Waals surface area (Å²) in [6, 6.07) is 6.85. The van der Waals surface area contributed by atoms with E-state index in [2.05, 4.69) is 15.2 Å². The summed E-state index contributed by atoms with van der Waals surface area (Å²) in [5, 5.41) is 7.66. The maximum absolute atomic E-state index is 11.8. The first kappa shape index (κ1) is 9.45. The molecule has 0 aliphatic heterocycles. The van der Waals surface area contributed by atoms with Gasteiger partial charge in [0, 0.05) is 18.0 Å². The van der Waals surface area contributed by atoms with Crippen LogP contribution in [-0.4, -0.2) is 21.0 Å². The molecule has 2 aromatic rings. The first-order valence-corrected chi connectivity index (χ1v) is 4.52. The van der Waals surface area contributed by atoms with Crippen molar-refractivity contribution < 1.29 is 4.79 Å². The van der Waals surface area contributed by atoms with Gasteiger partial charge in [-0.25, -0.2) is 0 Å². The van der Waals surface area contributed by atoms with Crippen molar-refractivity contribution in [2.24, 2.45) is 0 Å². The Balaban J connectivity index is 2.33. The Labute approximate surface area is 87.0 Å². The quantitative estimate of drug-likeness (QED) is 0.686. The van der Waals surface area contributed by atoms with Gasteiger partial charge in [-0.15, -0.1) is 5.10 Å². The fourth-order valence-electron chi connectivity index (χ4n) is 1.16. The number of aryl methyl sites for hydroxylation is 1. The number of rotatable bonds is 2. The molecule has 0 bridgehead atoms. The Kier molecular flexibility index (Phi) is 2.49. The second-order valence-electron chi connectivity index (χ2n) is 3.13. The molecule has 4 nitrogen and oxygen atoms in total. The van der Waals surface area contributed by atoms with E-state index in [1.54, 1.807) is 30.5 Å². The van der Waals surface area contributed by atoms with Gasteiger partial charge >= 0.3 is 0 Å². The van der Waals surface area contributed by atoms with Crippen LogP contribution in [0.15, 0.2) is 36.7 Å². The van der Waals surface area contributed by atoms with E-state index in [9.17, 15) is 4.79 Å². The molecule has 0 N–H and O–H groups in total. The summed E-state index contributed by atoms with van der Waals surface area (Å²) in [6.07, 6.45) is 3.14. The summed E-state index contributed by atoms with van der Waals surface area (Å²) >= 11 is 0. The molecule has 0 aliphatic carbocycles. The molecule has 0 saturated heterocycles. The van der Waals surface area contributed by atoms with E-state index >= 15 is 0 Å². The molecular weight excluding hydrogens is 190 g/mol. The smallest absolute Gasteiger partial charge is 0.214 e. The SMILES string of the molecule is Cc1ccc(C(=O)c2cccnc2)nn1. The van der Waals surface area contributed by atoms with Crippen molar-refractivity contribution in [2.45, 2.75) is 6.92 Å². The topological polar surface area (TPSA) is 55.7 Å². The fraction of sp³-hybridized carbons (Fsp3) is 0.0909. The van der Waals surface area contributed by atoms with Gasteiger partial charge in [0.2, 0.25) is 5.78 Å². The first-order chi connectivity index (χ1) is 7.27. The maximum atomic E-state index is 11.8. The number of carbonyl (C=O) groups excluding carboxylic acids is 1. The van der Waals surface area contributed by atoms with Crippen molar-refractivity contribution in [1.29, 1.82) is 0 Å². The van der Waals surface area contributed by atoms with Crippen LogP contribution < -0.4 is 0 Å². The van der Waals surface area contributed by atoms with Crippen LogP contribution in [0.5, 0.6) is 0 Å². The largest absolute Gasteiger partial charge is 0.287 e. The number of pyridine rings is 1. The van der Waals surface area contributed by atoms with Gasteiger partial charge in [0.25, 0.3) is 0 Å². The summed E-state index contributed by atoms with van der Waals surface area (Å²) in [7, 11) is 0. The maximum Gasteiger partial charge on any atom is 0.214 e. The average molecular weight is 199 g/mol. The van der Waals surface area contributed by atoms with Crippen molar-refractivity contribution in [1.82, 2.24) is 15.2 Å². The van der Waals surface area contributed by atoms with Gasteiger partial charge in [0.15, 0.2) is 0 Å². The number of hydrogen-bond donors (Lipinski definition) is 0. The van der Waals surface area contributed by atoms with Crippen molar-refractivity contribution in [3.8, 4) is 0 Å². The Morgan fingerprint density at radius 2 is 2.07 bits per heavy atom. The van der Waals surface area contributed by atoms with Crippen molar-refractivity contribution in [3.05, 3.63) is 53.6 Å². The number of hydrogen-bond acceptors (Lipinski definition) is 4. The van der Waals surface area contributed by atoms with E-state index < -0.39 is 0 Å². The predicted molar refractivity (Wildman–Crippen MR) is 54.4 cm³/mol. The van der Waals surface area contributed by atoms with Crippen LogP contribution in [0, 0.1) is 6.92 Å². The van der Waals surface area contributed by atoms with Gasteiger partial charge in [-0.05, 0) is 31.2 Å². The molecule has 0 radical (unpaired) electrons. The number of ketones is 1. The summed E-state index contributed by atoms with van der Waals surface area (Å²) in [5.74, 6) is -0.157. The molecule has 2 rings (SSSR count).